The zero-order valence-electron chi connectivity index (χ0n) is 12.6. The number of anilines is 2. The van der Waals surface area contributed by atoms with Gasteiger partial charge in [0.15, 0.2) is 9.84 Å². The van der Waals surface area contributed by atoms with Crippen LogP contribution in [0.5, 0.6) is 0 Å². The second-order valence-electron chi connectivity index (χ2n) is 4.40. The van der Waals surface area contributed by atoms with Gasteiger partial charge in [0.25, 0.3) is 5.91 Å². The van der Waals surface area contributed by atoms with Gasteiger partial charge in [0.1, 0.15) is 14.8 Å². The molecule has 0 saturated heterocycles. The van der Waals surface area contributed by atoms with Gasteiger partial charge in [-0.05, 0) is 6.92 Å². The number of likely N-dealkylation sites (N-methyl/N-ethyl adjacent to an activating group) is 1. The van der Waals surface area contributed by atoms with Crippen molar-refractivity contribution < 1.29 is 17.9 Å². The number of nitrogens with two attached hydrogens (primary N) is 1. The van der Waals surface area contributed by atoms with Gasteiger partial charge in [-0.2, -0.15) is 0 Å². The minimum atomic E-state index is -3.54. The van der Waals surface area contributed by atoms with Crippen LogP contribution in [-0.4, -0.2) is 54.4 Å². The number of rotatable bonds is 7. The molecule has 0 radical (unpaired) electrons. The average Bonchev–Trinajstić information content (AvgIpc) is 2.76. The maximum Gasteiger partial charge on any atom is 0.263 e. The van der Waals surface area contributed by atoms with E-state index in [2.05, 4.69) is 5.32 Å². The molecule has 0 bridgehead atoms. The quantitative estimate of drug-likeness (QED) is 0.755. The largest absolute Gasteiger partial charge is 0.396 e. The van der Waals surface area contributed by atoms with Crippen molar-refractivity contribution in [1.29, 1.82) is 0 Å². The van der Waals surface area contributed by atoms with Crippen LogP contribution in [0.1, 0.15) is 16.6 Å². The van der Waals surface area contributed by atoms with E-state index in [1.54, 1.807) is 7.11 Å². The van der Waals surface area contributed by atoms with Gasteiger partial charge >= 0.3 is 0 Å². The van der Waals surface area contributed by atoms with E-state index >= 15 is 0 Å². The molecule has 1 amide bonds. The van der Waals surface area contributed by atoms with Crippen LogP contribution in [0.3, 0.4) is 0 Å². The Kier molecular flexibility index (Phi) is 5.99. The van der Waals surface area contributed by atoms with Crippen LogP contribution < -0.4 is 16.0 Å². The molecule has 120 valence electrons. The number of hydrogen-bond donors (Lipinski definition) is 2. The van der Waals surface area contributed by atoms with Crippen molar-refractivity contribution in [3.8, 4) is 0 Å². The number of hydrogen-bond acceptors (Lipinski definition) is 7. The number of thiophene rings is 1. The van der Waals surface area contributed by atoms with Crippen molar-refractivity contribution in [2.45, 2.75) is 11.8 Å². The Labute approximate surface area is 129 Å². The lowest BCUT2D eigenvalue weighted by atomic mass is 10.3. The van der Waals surface area contributed by atoms with Crippen LogP contribution >= 0.6 is 11.3 Å². The van der Waals surface area contributed by atoms with Gasteiger partial charge in [0, 0.05) is 33.5 Å². The predicted molar refractivity (Wildman–Crippen MR) is 85.0 cm³/mol. The van der Waals surface area contributed by atoms with E-state index in [-0.39, 0.29) is 15.5 Å². The number of nitrogens with one attached hydrogen (secondary N) is 1. The maximum atomic E-state index is 12.0. The second kappa shape index (κ2) is 7.10. The van der Waals surface area contributed by atoms with Crippen molar-refractivity contribution in [2.75, 3.05) is 50.7 Å². The normalized spacial score (nSPS) is 11.4. The van der Waals surface area contributed by atoms with Crippen molar-refractivity contribution in [3.63, 3.8) is 0 Å². The molecule has 3 N–H and O–H groups in total. The summed E-state index contributed by atoms with van der Waals surface area (Å²) < 4.78 is 29.1. The first-order chi connectivity index (χ1) is 9.77. The first-order valence-electron chi connectivity index (χ1n) is 6.36. The number of carbonyl (C=O) groups is 1. The Morgan fingerprint density at radius 3 is 2.52 bits per heavy atom. The molecule has 0 saturated carbocycles. The summed E-state index contributed by atoms with van der Waals surface area (Å²) in [5.41, 5.74) is 5.91. The molecule has 0 fully saturated rings. The molecule has 7 nitrogen and oxygen atoms in total. The molecule has 0 spiro atoms. The zero-order valence-corrected chi connectivity index (χ0v) is 14.2. The van der Waals surface area contributed by atoms with Crippen LogP contribution in [0.15, 0.2) is 4.90 Å². The standard InChI is InChI=1S/C12H21N3O4S2/c1-5-15(6-7-19-3)12-10(21(4,17)18)8(13)9(20-12)11(16)14-2/h5-7,13H2,1-4H3,(H,14,16). The fraction of sp³-hybridized carbons (Fsp3) is 0.583. The third kappa shape index (κ3) is 3.86. The molecule has 21 heavy (non-hydrogen) atoms. The topological polar surface area (TPSA) is 102 Å². The lowest BCUT2D eigenvalue weighted by Crippen LogP contribution is -2.27. The molecule has 0 aliphatic rings. The zero-order chi connectivity index (χ0) is 16.2. The molecule has 9 heteroatoms. The Balaban J connectivity index is 3.45. The van der Waals surface area contributed by atoms with Gasteiger partial charge in [-0.1, -0.05) is 0 Å². The monoisotopic (exact) mass is 335 g/mol. The van der Waals surface area contributed by atoms with E-state index in [1.165, 1.54) is 7.05 Å². The van der Waals surface area contributed by atoms with Gasteiger partial charge < -0.3 is 20.7 Å². The highest BCUT2D eigenvalue weighted by Gasteiger charge is 2.29. The highest BCUT2D eigenvalue weighted by atomic mass is 32.2. The molecule has 1 rings (SSSR count). The van der Waals surface area contributed by atoms with Crippen molar-refractivity contribution in [2.24, 2.45) is 0 Å². The number of carbonyl (C=O) groups excluding carboxylic acids is 1. The average molecular weight is 335 g/mol. The third-order valence-electron chi connectivity index (χ3n) is 2.92. The molecule has 0 aliphatic heterocycles. The number of sulfone groups is 1. The first kappa shape index (κ1) is 17.7. The van der Waals surface area contributed by atoms with Crippen LogP contribution in [-0.2, 0) is 14.6 Å². The number of nitrogens with zero attached hydrogens (tertiary/aromatic N) is 1. The van der Waals surface area contributed by atoms with E-state index in [4.69, 9.17) is 10.5 Å². The lowest BCUT2D eigenvalue weighted by Gasteiger charge is -2.22. The van der Waals surface area contributed by atoms with Crippen LogP contribution in [0.25, 0.3) is 0 Å². The first-order valence-corrected chi connectivity index (χ1v) is 9.06. The van der Waals surface area contributed by atoms with Crippen LogP contribution in [0.2, 0.25) is 0 Å². The third-order valence-corrected chi connectivity index (χ3v) is 5.47. The second-order valence-corrected chi connectivity index (χ2v) is 7.35. The van der Waals surface area contributed by atoms with E-state index in [9.17, 15) is 13.2 Å². The molecule has 1 aromatic heterocycles. The lowest BCUT2D eigenvalue weighted by molar-refractivity contribution is 0.0968. The molecular formula is C12H21N3O4S2. The molecule has 0 aliphatic carbocycles. The molecule has 1 aromatic rings. The Morgan fingerprint density at radius 2 is 2.10 bits per heavy atom. The smallest absolute Gasteiger partial charge is 0.263 e. The minimum absolute atomic E-state index is 0.00715. The van der Waals surface area contributed by atoms with Crippen LogP contribution in [0, 0.1) is 0 Å². The SMILES string of the molecule is CCN(CCOC)c1sc(C(=O)NC)c(N)c1S(C)(=O)=O. The van der Waals surface area contributed by atoms with Crippen molar-refractivity contribution in [1.82, 2.24) is 5.32 Å². The van der Waals surface area contributed by atoms with E-state index < -0.39 is 15.7 Å². The predicted octanol–water partition coefficient (Wildman–Crippen LogP) is 0.566. The van der Waals surface area contributed by atoms with Crippen molar-refractivity contribution in [3.05, 3.63) is 4.88 Å². The van der Waals surface area contributed by atoms with Gasteiger partial charge in [-0.25, -0.2) is 8.42 Å². The van der Waals surface area contributed by atoms with Gasteiger partial charge in [0.05, 0.1) is 12.3 Å². The van der Waals surface area contributed by atoms with Crippen LogP contribution in [0.4, 0.5) is 10.7 Å². The summed E-state index contributed by atoms with van der Waals surface area (Å²) in [5.74, 6) is -0.392. The molecule has 0 unspecified atom stereocenters. The van der Waals surface area contributed by atoms with E-state index in [1.807, 2.05) is 11.8 Å². The van der Waals surface area contributed by atoms with E-state index in [0.717, 1.165) is 17.6 Å². The number of amides is 1. The summed E-state index contributed by atoms with van der Waals surface area (Å²) in [6, 6.07) is 0. The fourth-order valence-electron chi connectivity index (χ4n) is 1.87. The number of nitrogen functional groups attached to an aromatic ring is 1. The number of methoxy groups -OCH3 is 1. The molecule has 0 atom stereocenters. The Bertz CT molecular complexity index is 610. The summed E-state index contributed by atoms with van der Waals surface area (Å²) in [6.45, 7) is 3.45. The molecule has 1 heterocycles. The highest BCUT2D eigenvalue weighted by molar-refractivity contribution is 7.91. The Hall–Kier alpha value is -1.32. The van der Waals surface area contributed by atoms with Crippen molar-refractivity contribution >= 4 is 37.8 Å². The summed E-state index contributed by atoms with van der Waals surface area (Å²) in [5, 5.41) is 2.95. The van der Waals surface area contributed by atoms with E-state index in [0.29, 0.717) is 24.7 Å². The Morgan fingerprint density at radius 1 is 1.48 bits per heavy atom. The summed E-state index contributed by atoms with van der Waals surface area (Å²) >= 11 is 1.08. The van der Waals surface area contributed by atoms with Gasteiger partial charge in [0.2, 0.25) is 0 Å². The fourth-order valence-corrected chi connectivity index (χ4v) is 4.61. The van der Waals surface area contributed by atoms with Gasteiger partial charge in [-0.3, -0.25) is 4.79 Å². The molecule has 0 aromatic carbocycles. The van der Waals surface area contributed by atoms with Gasteiger partial charge in [-0.15, -0.1) is 11.3 Å². The highest BCUT2D eigenvalue weighted by Crippen LogP contribution is 2.41. The summed E-state index contributed by atoms with van der Waals surface area (Å²) in [6.07, 6.45) is 1.09. The summed E-state index contributed by atoms with van der Waals surface area (Å²) in [4.78, 5) is 13.9. The number of ether oxygens (including phenoxy) is 1. The maximum absolute atomic E-state index is 12.0. The summed E-state index contributed by atoms with van der Waals surface area (Å²) in [7, 11) is -0.493. The molecular weight excluding hydrogens is 314 g/mol. The minimum Gasteiger partial charge on any atom is -0.396 e.